The van der Waals surface area contributed by atoms with Crippen LogP contribution < -0.4 is 14.8 Å². The monoisotopic (exact) mass is 362 g/mol. The predicted octanol–water partition coefficient (Wildman–Crippen LogP) is 2.50. The van der Waals surface area contributed by atoms with E-state index in [1.54, 1.807) is 38.1 Å². The Labute approximate surface area is 151 Å². The van der Waals surface area contributed by atoms with Crippen LogP contribution in [-0.2, 0) is 20.7 Å². The van der Waals surface area contributed by atoms with Crippen LogP contribution in [0.3, 0.4) is 0 Å². The van der Waals surface area contributed by atoms with Crippen molar-refractivity contribution in [3.8, 4) is 11.5 Å². The number of anilines is 1. The highest BCUT2D eigenvalue weighted by molar-refractivity contribution is 5.94. The Morgan fingerprint density at radius 1 is 1.19 bits per heavy atom. The second-order valence-electron chi connectivity index (χ2n) is 5.56. The average Bonchev–Trinajstić information content (AvgIpc) is 3.04. The van der Waals surface area contributed by atoms with E-state index >= 15 is 0 Å². The summed E-state index contributed by atoms with van der Waals surface area (Å²) in [6, 6.07) is 6.72. The van der Waals surface area contributed by atoms with Gasteiger partial charge in [-0.2, -0.15) is 0 Å². The molecular weight excluding hydrogens is 340 g/mol. The summed E-state index contributed by atoms with van der Waals surface area (Å²) in [5.74, 6) is 0.958. The van der Waals surface area contributed by atoms with Gasteiger partial charge in [-0.3, -0.25) is 9.59 Å². The Kier molecular flexibility index (Phi) is 6.60. The minimum absolute atomic E-state index is 0.00715. The van der Waals surface area contributed by atoms with Crippen molar-refractivity contribution in [2.75, 3.05) is 19.5 Å². The molecule has 0 bridgehead atoms. The molecule has 1 heterocycles. The van der Waals surface area contributed by atoms with Gasteiger partial charge in [0.1, 0.15) is 5.76 Å². The van der Waals surface area contributed by atoms with Gasteiger partial charge in [0.15, 0.2) is 23.4 Å². The van der Waals surface area contributed by atoms with Crippen LogP contribution in [0.25, 0.3) is 0 Å². The van der Waals surface area contributed by atoms with E-state index in [2.05, 4.69) is 10.5 Å². The first-order chi connectivity index (χ1) is 12.5. The Morgan fingerprint density at radius 3 is 2.50 bits per heavy atom. The number of esters is 1. The normalized spacial score (nSPS) is 11.5. The molecule has 0 saturated carbocycles. The molecule has 0 aliphatic carbocycles. The number of hydrogen-bond donors (Lipinski definition) is 1. The summed E-state index contributed by atoms with van der Waals surface area (Å²) in [7, 11) is 3.05. The van der Waals surface area contributed by atoms with Crippen molar-refractivity contribution in [2.45, 2.75) is 32.8 Å². The summed E-state index contributed by atoms with van der Waals surface area (Å²) in [4.78, 5) is 24.4. The van der Waals surface area contributed by atoms with Crippen LogP contribution in [0.4, 0.5) is 5.82 Å². The standard InChI is InChI=1S/C18H22N2O6/c1-5-13(18(22)19-16-8-11(2)26-20-16)25-17(21)10-12-6-7-14(23-3)15(9-12)24-4/h6-9,13H,5,10H2,1-4H3,(H,19,20,22). The maximum absolute atomic E-state index is 12.2. The van der Waals surface area contributed by atoms with Crippen molar-refractivity contribution in [1.29, 1.82) is 0 Å². The molecule has 1 atom stereocenters. The highest BCUT2D eigenvalue weighted by Gasteiger charge is 2.22. The molecule has 1 amide bonds. The number of nitrogens with zero attached hydrogens (tertiary/aromatic N) is 1. The molecule has 8 heteroatoms. The lowest BCUT2D eigenvalue weighted by Gasteiger charge is -2.15. The minimum Gasteiger partial charge on any atom is -0.493 e. The summed E-state index contributed by atoms with van der Waals surface area (Å²) in [6.07, 6.45) is -0.576. The lowest BCUT2D eigenvalue weighted by atomic mass is 10.1. The van der Waals surface area contributed by atoms with E-state index in [4.69, 9.17) is 18.7 Å². The number of ether oxygens (including phenoxy) is 3. The number of aryl methyl sites for hydroxylation is 1. The van der Waals surface area contributed by atoms with Gasteiger partial charge < -0.3 is 24.1 Å². The number of amides is 1. The second-order valence-corrected chi connectivity index (χ2v) is 5.56. The van der Waals surface area contributed by atoms with Crippen LogP contribution in [0.15, 0.2) is 28.8 Å². The van der Waals surface area contributed by atoms with Crippen LogP contribution >= 0.6 is 0 Å². The first-order valence-electron chi connectivity index (χ1n) is 8.11. The zero-order valence-corrected chi connectivity index (χ0v) is 15.2. The summed E-state index contributed by atoms with van der Waals surface area (Å²) >= 11 is 0. The van der Waals surface area contributed by atoms with Crippen molar-refractivity contribution >= 4 is 17.7 Å². The zero-order chi connectivity index (χ0) is 19.1. The molecule has 0 saturated heterocycles. The number of rotatable bonds is 8. The Hall–Kier alpha value is -3.03. The van der Waals surface area contributed by atoms with Crippen LogP contribution in [0.1, 0.15) is 24.7 Å². The first kappa shape index (κ1) is 19.3. The Bertz CT molecular complexity index is 771. The first-order valence-corrected chi connectivity index (χ1v) is 8.11. The average molecular weight is 362 g/mol. The highest BCUT2D eigenvalue weighted by Crippen LogP contribution is 2.27. The van der Waals surface area contributed by atoms with E-state index in [0.29, 0.717) is 29.2 Å². The summed E-state index contributed by atoms with van der Waals surface area (Å²) in [5, 5.41) is 6.24. The van der Waals surface area contributed by atoms with E-state index in [0.717, 1.165) is 0 Å². The number of hydrogen-bond acceptors (Lipinski definition) is 7. The molecule has 0 aliphatic rings. The van der Waals surface area contributed by atoms with E-state index in [9.17, 15) is 9.59 Å². The third-order valence-electron chi connectivity index (χ3n) is 3.61. The van der Waals surface area contributed by atoms with Gasteiger partial charge in [0, 0.05) is 6.07 Å². The van der Waals surface area contributed by atoms with Gasteiger partial charge in [-0.05, 0) is 31.0 Å². The fourth-order valence-electron chi connectivity index (χ4n) is 2.31. The molecule has 8 nitrogen and oxygen atoms in total. The Morgan fingerprint density at radius 2 is 1.92 bits per heavy atom. The lowest BCUT2D eigenvalue weighted by molar-refractivity contribution is -0.153. The molecule has 0 spiro atoms. The topological polar surface area (TPSA) is 99.9 Å². The van der Waals surface area contributed by atoms with E-state index in [-0.39, 0.29) is 12.2 Å². The van der Waals surface area contributed by atoms with Crippen molar-refractivity contribution in [3.05, 3.63) is 35.6 Å². The van der Waals surface area contributed by atoms with Crippen LogP contribution in [0.5, 0.6) is 11.5 Å². The van der Waals surface area contributed by atoms with Crippen LogP contribution in [0.2, 0.25) is 0 Å². The summed E-state index contributed by atoms with van der Waals surface area (Å²) in [5.41, 5.74) is 0.690. The smallest absolute Gasteiger partial charge is 0.311 e. The quantitative estimate of drug-likeness (QED) is 0.720. The molecule has 140 valence electrons. The van der Waals surface area contributed by atoms with Gasteiger partial charge in [0.2, 0.25) is 0 Å². The minimum atomic E-state index is -0.917. The van der Waals surface area contributed by atoms with Gasteiger partial charge >= 0.3 is 5.97 Å². The zero-order valence-electron chi connectivity index (χ0n) is 15.2. The number of carbonyl (C=O) groups excluding carboxylic acids is 2. The maximum Gasteiger partial charge on any atom is 0.311 e. The van der Waals surface area contributed by atoms with E-state index in [1.807, 2.05) is 0 Å². The molecule has 0 radical (unpaired) electrons. The van der Waals surface area contributed by atoms with E-state index < -0.39 is 18.0 Å². The molecule has 2 rings (SSSR count). The number of benzene rings is 1. The molecule has 1 N–H and O–H groups in total. The van der Waals surface area contributed by atoms with Crippen molar-refractivity contribution in [1.82, 2.24) is 5.16 Å². The molecule has 1 aromatic heterocycles. The van der Waals surface area contributed by atoms with Gasteiger partial charge in [0.05, 0.1) is 20.6 Å². The highest BCUT2D eigenvalue weighted by atomic mass is 16.5. The van der Waals surface area contributed by atoms with Crippen LogP contribution in [-0.4, -0.2) is 37.4 Å². The van der Waals surface area contributed by atoms with Crippen LogP contribution in [0, 0.1) is 6.92 Å². The molecule has 1 unspecified atom stereocenters. The van der Waals surface area contributed by atoms with Crippen molar-refractivity contribution in [3.63, 3.8) is 0 Å². The molecule has 26 heavy (non-hydrogen) atoms. The summed E-state index contributed by atoms with van der Waals surface area (Å²) < 4.78 is 20.5. The second kappa shape index (κ2) is 8.89. The summed E-state index contributed by atoms with van der Waals surface area (Å²) in [6.45, 7) is 3.46. The lowest BCUT2D eigenvalue weighted by Crippen LogP contribution is -2.32. The number of methoxy groups -OCH3 is 2. The van der Waals surface area contributed by atoms with Gasteiger partial charge in [-0.1, -0.05) is 18.1 Å². The third-order valence-corrected chi connectivity index (χ3v) is 3.61. The fourth-order valence-corrected chi connectivity index (χ4v) is 2.31. The molecule has 0 aliphatic heterocycles. The van der Waals surface area contributed by atoms with Crippen molar-refractivity contribution in [2.24, 2.45) is 0 Å². The van der Waals surface area contributed by atoms with E-state index in [1.165, 1.54) is 14.2 Å². The largest absolute Gasteiger partial charge is 0.493 e. The maximum atomic E-state index is 12.2. The molecular formula is C18H22N2O6. The number of aromatic nitrogens is 1. The van der Waals surface area contributed by atoms with Gasteiger partial charge in [0.25, 0.3) is 5.91 Å². The third kappa shape index (κ3) is 4.98. The number of nitrogens with one attached hydrogen (secondary N) is 1. The number of carbonyl (C=O) groups is 2. The fraction of sp³-hybridized carbons (Fsp3) is 0.389. The van der Waals surface area contributed by atoms with Crippen molar-refractivity contribution < 1.29 is 28.3 Å². The predicted molar refractivity (Wildman–Crippen MR) is 93.3 cm³/mol. The Balaban J connectivity index is 1.97. The molecule has 1 aromatic carbocycles. The molecule has 0 fully saturated rings. The molecule has 2 aromatic rings. The van der Waals surface area contributed by atoms with Gasteiger partial charge in [-0.15, -0.1) is 0 Å². The van der Waals surface area contributed by atoms with Gasteiger partial charge in [-0.25, -0.2) is 0 Å². The SMILES string of the molecule is CCC(OC(=O)Cc1ccc(OC)c(OC)c1)C(=O)Nc1cc(C)on1.